The first-order valence-corrected chi connectivity index (χ1v) is 6.42. The quantitative estimate of drug-likeness (QED) is 0.795. The Kier molecular flexibility index (Phi) is 5.02. The lowest BCUT2D eigenvalue weighted by Crippen LogP contribution is -2.14. The zero-order valence-corrected chi connectivity index (χ0v) is 11.8. The van der Waals surface area contributed by atoms with Gasteiger partial charge in [0.15, 0.2) is 11.6 Å². The van der Waals surface area contributed by atoms with Crippen molar-refractivity contribution in [2.45, 2.75) is 46.6 Å². The van der Waals surface area contributed by atoms with Gasteiger partial charge in [0.1, 0.15) is 5.82 Å². The van der Waals surface area contributed by atoms with Gasteiger partial charge in [-0.05, 0) is 30.2 Å². The molecular weight excluding hydrogens is 253 g/mol. The summed E-state index contributed by atoms with van der Waals surface area (Å²) in [6, 6.07) is 1.21. The average molecular weight is 274 g/mol. The third-order valence-corrected chi connectivity index (χ3v) is 2.99. The number of hydrogen-bond acceptors (Lipinski definition) is 1. The molecular formula is C15H21F3O. The minimum absolute atomic E-state index is 0.103. The Balaban J connectivity index is 2.78. The van der Waals surface area contributed by atoms with E-state index in [2.05, 4.69) is 20.8 Å². The molecule has 0 fully saturated rings. The van der Waals surface area contributed by atoms with Crippen LogP contribution in [0.5, 0.6) is 0 Å². The van der Waals surface area contributed by atoms with E-state index in [1.807, 2.05) is 6.92 Å². The summed E-state index contributed by atoms with van der Waals surface area (Å²) in [7, 11) is 0. The Hall–Kier alpha value is -1.03. The van der Waals surface area contributed by atoms with Crippen molar-refractivity contribution in [2.24, 2.45) is 11.3 Å². The van der Waals surface area contributed by atoms with Gasteiger partial charge < -0.3 is 5.11 Å². The minimum Gasteiger partial charge on any atom is -0.388 e. The molecule has 0 spiro atoms. The van der Waals surface area contributed by atoms with Crippen LogP contribution in [0.3, 0.4) is 0 Å². The molecule has 2 unspecified atom stereocenters. The van der Waals surface area contributed by atoms with Crippen molar-refractivity contribution >= 4 is 0 Å². The molecule has 19 heavy (non-hydrogen) atoms. The summed E-state index contributed by atoms with van der Waals surface area (Å²) in [4.78, 5) is 0. The Morgan fingerprint density at radius 2 is 1.58 bits per heavy atom. The lowest BCUT2D eigenvalue weighted by molar-refractivity contribution is 0.130. The first-order chi connectivity index (χ1) is 8.60. The molecule has 1 nitrogen and oxygen atoms in total. The zero-order valence-electron chi connectivity index (χ0n) is 11.8. The number of halogens is 3. The van der Waals surface area contributed by atoms with E-state index in [9.17, 15) is 18.3 Å². The van der Waals surface area contributed by atoms with Crippen LogP contribution >= 0.6 is 0 Å². The molecule has 4 heteroatoms. The second-order valence-electron chi connectivity index (χ2n) is 6.41. The molecule has 1 rings (SSSR count). The van der Waals surface area contributed by atoms with Crippen LogP contribution < -0.4 is 0 Å². The largest absolute Gasteiger partial charge is 0.388 e. The molecule has 108 valence electrons. The lowest BCUT2D eigenvalue weighted by atomic mass is 9.82. The van der Waals surface area contributed by atoms with E-state index >= 15 is 0 Å². The monoisotopic (exact) mass is 274 g/mol. The molecule has 0 radical (unpaired) electrons. The SMILES string of the molecule is CC(CC(O)c1cc(F)c(F)cc1F)CC(C)(C)C. The van der Waals surface area contributed by atoms with Crippen LogP contribution in [0.1, 0.15) is 52.2 Å². The summed E-state index contributed by atoms with van der Waals surface area (Å²) < 4.78 is 39.4. The number of aliphatic hydroxyl groups excluding tert-OH is 1. The molecule has 1 N–H and O–H groups in total. The van der Waals surface area contributed by atoms with E-state index in [0.717, 1.165) is 12.5 Å². The maximum absolute atomic E-state index is 13.5. The van der Waals surface area contributed by atoms with Gasteiger partial charge in [0, 0.05) is 11.6 Å². The summed E-state index contributed by atoms with van der Waals surface area (Å²) in [6.07, 6.45) is 0.0571. The molecule has 0 bridgehead atoms. The van der Waals surface area contributed by atoms with Crippen molar-refractivity contribution < 1.29 is 18.3 Å². The Morgan fingerprint density at radius 1 is 1.05 bits per heavy atom. The van der Waals surface area contributed by atoms with Crippen LogP contribution in [0.4, 0.5) is 13.2 Å². The van der Waals surface area contributed by atoms with Crippen molar-refractivity contribution in [1.29, 1.82) is 0 Å². The van der Waals surface area contributed by atoms with E-state index in [1.165, 1.54) is 0 Å². The number of hydrogen-bond donors (Lipinski definition) is 1. The fourth-order valence-electron chi connectivity index (χ4n) is 2.43. The van der Waals surface area contributed by atoms with Crippen molar-refractivity contribution in [3.8, 4) is 0 Å². The van der Waals surface area contributed by atoms with Crippen molar-refractivity contribution in [2.75, 3.05) is 0 Å². The van der Waals surface area contributed by atoms with Crippen molar-refractivity contribution in [3.63, 3.8) is 0 Å². The van der Waals surface area contributed by atoms with Crippen LogP contribution in [-0.4, -0.2) is 5.11 Å². The number of benzene rings is 1. The zero-order chi connectivity index (χ0) is 14.8. The van der Waals surface area contributed by atoms with Crippen LogP contribution in [0.15, 0.2) is 12.1 Å². The highest BCUT2D eigenvalue weighted by molar-refractivity contribution is 5.22. The van der Waals surface area contributed by atoms with E-state index in [-0.39, 0.29) is 16.9 Å². The van der Waals surface area contributed by atoms with Crippen LogP contribution in [-0.2, 0) is 0 Å². The summed E-state index contributed by atoms with van der Waals surface area (Å²) in [5.41, 5.74) is -0.0780. The van der Waals surface area contributed by atoms with Gasteiger partial charge >= 0.3 is 0 Å². The molecule has 0 aliphatic heterocycles. The van der Waals surface area contributed by atoms with Crippen LogP contribution in [0.25, 0.3) is 0 Å². The molecule has 0 aromatic heterocycles. The fraction of sp³-hybridized carbons (Fsp3) is 0.600. The van der Waals surface area contributed by atoms with Crippen LogP contribution in [0.2, 0.25) is 0 Å². The standard InChI is InChI=1S/C15H21F3O/c1-9(8-15(2,3)4)5-14(19)10-6-12(17)13(18)7-11(10)16/h6-7,9,14,19H,5,8H2,1-4H3. The summed E-state index contributed by atoms with van der Waals surface area (Å²) in [6.45, 7) is 8.18. The smallest absolute Gasteiger partial charge is 0.161 e. The maximum Gasteiger partial charge on any atom is 0.161 e. The second-order valence-corrected chi connectivity index (χ2v) is 6.41. The third-order valence-electron chi connectivity index (χ3n) is 2.99. The van der Waals surface area contributed by atoms with Crippen molar-refractivity contribution in [3.05, 3.63) is 35.1 Å². The van der Waals surface area contributed by atoms with Gasteiger partial charge in [-0.3, -0.25) is 0 Å². The normalized spacial score (nSPS) is 15.4. The number of aliphatic hydroxyl groups is 1. The molecule has 2 atom stereocenters. The minimum atomic E-state index is -1.24. The molecule has 0 aliphatic carbocycles. The highest BCUT2D eigenvalue weighted by Gasteiger charge is 2.22. The Morgan fingerprint density at radius 3 is 2.11 bits per heavy atom. The van der Waals surface area contributed by atoms with E-state index in [0.29, 0.717) is 12.5 Å². The summed E-state index contributed by atoms with van der Waals surface area (Å²) in [5, 5.41) is 9.95. The van der Waals surface area contributed by atoms with Crippen LogP contribution in [0, 0.1) is 28.8 Å². The fourth-order valence-corrected chi connectivity index (χ4v) is 2.43. The maximum atomic E-state index is 13.5. The van der Waals surface area contributed by atoms with Gasteiger partial charge in [0.05, 0.1) is 6.10 Å². The molecule has 0 heterocycles. The third kappa shape index (κ3) is 4.86. The van der Waals surface area contributed by atoms with Gasteiger partial charge in [-0.1, -0.05) is 27.7 Å². The van der Waals surface area contributed by atoms with Gasteiger partial charge in [-0.15, -0.1) is 0 Å². The highest BCUT2D eigenvalue weighted by Crippen LogP contribution is 2.31. The van der Waals surface area contributed by atoms with Gasteiger partial charge in [0.2, 0.25) is 0 Å². The summed E-state index contributed by atoms with van der Waals surface area (Å²) >= 11 is 0. The first kappa shape index (κ1) is 16.0. The average Bonchev–Trinajstić information content (AvgIpc) is 2.20. The Bertz CT molecular complexity index is 438. The van der Waals surface area contributed by atoms with Gasteiger partial charge in [0.25, 0.3) is 0 Å². The van der Waals surface area contributed by atoms with E-state index in [4.69, 9.17) is 0 Å². The molecule has 1 aromatic carbocycles. The topological polar surface area (TPSA) is 20.2 Å². The van der Waals surface area contributed by atoms with E-state index < -0.39 is 23.6 Å². The van der Waals surface area contributed by atoms with Gasteiger partial charge in [-0.2, -0.15) is 0 Å². The molecule has 0 aliphatic rings. The van der Waals surface area contributed by atoms with Crippen molar-refractivity contribution in [1.82, 2.24) is 0 Å². The highest BCUT2D eigenvalue weighted by atomic mass is 19.2. The molecule has 1 aromatic rings. The first-order valence-electron chi connectivity index (χ1n) is 6.42. The molecule has 0 saturated carbocycles. The molecule has 0 saturated heterocycles. The predicted octanol–water partition coefficient (Wildman–Crippen LogP) is 4.60. The number of rotatable bonds is 4. The summed E-state index contributed by atoms with van der Waals surface area (Å²) in [5.74, 6) is -3.13. The predicted molar refractivity (Wildman–Crippen MR) is 69.1 cm³/mol. The Labute approximate surface area is 112 Å². The lowest BCUT2D eigenvalue weighted by Gasteiger charge is -2.25. The second kappa shape index (κ2) is 5.95. The molecule has 0 amide bonds. The van der Waals surface area contributed by atoms with Gasteiger partial charge in [-0.25, -0.2) is 13.2 Å². The van der Waals surface area contributed by atoms with E-state index in [1.54, 1.807) is 0 Å².